The Morgan fingerprint density at radius 3 is 2.83 bits per heavy atom. The Hall–Kier alpha value is -2.14. The van der Waals surface area contributed by atoms with Crippen LogP contribution in [0.1, 0.15) is 23.0 Å². The number of carbonyl (C=O) groups is 1. The number of carbonyl (C=O) groups excluding carboxylic acids is 1. The molecule has 0 fully saturated rings. The van der Waals surface area contributed by atoms with Crippen molar-refractivity contribution in [2.24, 2.45) is 5.73 Å². The third-order valence-corrected chi connectivity index (χ3v) is 3.44. The quantitative estimate of drug-likeness (QED) is 0.794. The van der Waals surface area contributed by atoms with E-state index < -0.39 is 6.04 Å². The van der Waals surface area contributed by atoms with Gasteiger partial charge in [-0.1, -0.05) is 6.07 Å². The average Bonchev–Trinajstić information content (AvgIpc) is 2.82. The molecule has 3 N–H and O–H groups in total. The predicted octanol–water partition coefficient (Wildman–Crippen LogP) is 1.44. The van der Waals surface area contributed by atoms with Gasteiger partial charge in [-0.05, 0) is 26.0 Å². The van der Waals surface area contributed by atoms with Crippen molar-refractivity contribution in [2.75, 3.05) is 5.32 Å². The fourth-order valence-electron chi connectivity index (χ4n) is 2.18. The molecule has 92 valence electrons. The Labute approximate surface area is 105 Å². The monoisotopic (exact) mass is 242 g/mol. The van der Waals surface area contributed by atoms with Gasteiger partial charge < -0.3 is 15.6 Å². The molecule has 1 aliphatic heterocycles. The van der Waals surface area contributed by atoms with E-state index in [1.165, 1.54) is 0 Å². The Balaban J connectivity index is 2.10. The number of hydrogen-bond acceptors (Lipinski definition) is 3. The molecule has 2 heterocycles. The number of benzene rings is 1. The lowest BCUT2D eigenvalue weighted by molar-refractivity contribution is -0.116. The molecular weight excluding hydrogens is 228 g/mol. The van der Waals surface area contributed by atoms with Crippen molar-refractivity contribution in [3.63, 3.8) is 0 Å². The molecule has 0 bridgehead atoms. The van der Waals surface area contributed by atoms with Gasteiger partial charge >= 0.3 is 0 Å². The van der Waals surface area contributed by atoms with E-state index in [0.717, 1.165) is 28.3 Å². The van der Waals surface area contributed by atoms with E-state index in [9.17, 15) is 4.79 Å². The van der Waals surface area contributed by atoms with Crippen LogP contribution in [0, 0.1) is 13.8 Å². The van der Waals surface area contributed by atoms with E-state index in [-0.39, 0.29) is 5.91 Å². The first-order valence-electron chi connectivity index (χ1n) is 5.79. The van der Waals surface area contributed by atoms with Crippen molar-refractivity contribution in [1.82, 2.24) is 9.55 Å². The first kappa shape index (κ1) is 11.0. The van der Waals surface area contributed by atoms with E-state index >= 15 is 0 Å². The Morgan fingerprint density at radius 2 is 2.17 bits per heavy atom. The average molecular weight is 242 g/mol. The zero-order valence-electron chi connectivity index (χ0n) is 10.3. The van der Waals surface area contributed by atoms with Crippen LogP contribution < -0.4 is 11.1 Å². The van der Waals surface area contributed by atoms with Crippen molar-refractivity contribution < 1.29 is 4.79 Å². The molecule has 1 unspecified atom stereocenters. The van der Waals surface area contributed by atoms with Crippen LogP contribution in [0.2, 0.25) is 0 Å². The lowest BCUT2D eigenvalue weighted by atomic mass is 10.1. The Kier molecular flexibility index (Phi) is 2.24. The first-order chi connectivity index (χ1) is 8.58. The third-order valence-electron chi connectivity index (χ3n) is 3.44. The molecule has 0 radical (unpaired) electrons. The standard InChI is InChI=1S/C13H14N4O/c1-7-8(2)17(6-15-7)9-3-4-10-11(5-9)16-13(18)12(10)14/h3-6,12H,14H2,1-2H3,(H,16,18). The highest BCUT2D eigenvalue weighted by Crippen LogP contribution is 2.31. The first-order valence-corrected chi connectivity index (χ1v) is 5.79. The van der Waals surface area contributed by atoms with Gasteiger partial charge in [-0.15, -0.1) is 0 Å². The number of anilines is 1. The van der Waals surface area contributed by atoms with Gasteiger partial charge in [0.25, 0.3) is 0 Å². The van der Waals surface area contributed by atoms with Crippen molar-refractivity contribution in [3.05, 3.63) is 41.5 Å². The number of aryl methyl sites for hydroxylation is 1. The number of rotatable bonds is 1. The normalized spacial score (nSPS) is 17.7. The summed E-state index contributed by atoms with van der Waals surface area (Å²) in [6, 6.07) is 5.21. The van der Waals surface area contributed by atoms with E-state index in [1.54, 1.807) is 6.33 Å². The SMILES string of the molecule is Cc1ncn(-c2ccc3c(c2)NC(=O)C3N)c1C. The van der Waals surface area contributed by atoms with Crippen LogP contribution in [-0.4, -0.2) is 15.5 Å². The molecule has 1 atom stereocenters. The summed E-state index contributed by atoms with van der Waals surface area (Å²) in [6.07, 6.45) is 1.78. The fraction of sp³-hybridized carbons (Fsp3) is 0.231. The summed E-state index contributed by atoms with van der Waals surface area (Å²) in [7, 11) is 0. The van der Waals surface area contributed by atoms with Gasteiger partial charge in [0.1, 0.15) is 6.04 Å². The van der Waals surface area contributed by atoms with Crippen LogP contribution in [0.5, 0.6) is 0 Å². The van der Waals surface area contributed by atoms with Crippen molar-refractivity contribution in [1.29, 1.82) is 0 Å². The van der Waals surface area contributed by atoms with Crippen molar-refractivity contribution in [3.8, 4) is 5.69 Å². The molecule has 0 saturated heterocycles. The molecule has 3 rings (SSSR count). The molecule has 1 amide bonds. The molecule has 1 aliphatic rings. The minimum atomic E-state index is -0.556. The largest absolute Gasteiger partial charge is 0.324 e. The van der Waals surface area contributed by atoms with E-state index in [1.807, 2.05) is 36.6 Å². The zero-order chi connectivity index (χ0) is 12.9. The van der Waals surface area contributed by atoms with Crippen LogP contribution in [0.4, 0.5) is 5.69 Å². The molecule has 18 heavy (non-hydrogen) atoms. The van der Waals surface area contributed by atoms with E-state index in [0.29, 0.717) is 0 Å². The van der Waals surface area contributed by atoms with Gasteiger partial charge in [0.05, 0.1) is 12.0 Å². The number of nitrogens with one attached hydrogen (secondary N) is 1. The number of imidazole rings is 1. The third kappa shape index (κ3) is 1.44. The van der Waals surface area contributed by atoms with E-state index in [4.69, 9.17) is 5.73 Å². The highest BCUT2D eigenvalue weighted by molar-refractivity contribution is 6.02. The summed E-state index contributed by atoms with van der Waals surface area (Å²) in [5.74, 6) is -0.152. The van der Waals surface area contributed by atoms with Gasteiger partial charge in [-0.3, -0.25) is 4.79 Å². The van der Waals surface area contributed by atoms with Crippen LogP contribution >= 0.6 is 0 Å². The topological polar surface area (TPSA) is 72.9 Å². The number of fused-ring (bicyclic) bond motifs is 1. The summed E-state index contributed by atoms with van der Waals surface area (Å²) in [4.78, 5) is 15.8. The molecule has 1 aromatic heterocycles. The minimum Gasteiger partial charge on any atom is -0.324 e. The van der Waals surface area contributed by atoms with Gasteiger partial charge in [-0.25, -0.2) is 4.98 Å². The van der Waals surface area contributed by atoms with Crippen molar-refractivity contribution in [2.45, 2.75) is 19.9 Å². The number of hydrogen-bond donors (Lipinski definition) is 2. The molecule has 0 spiro atoms. The van der Waals surface area contributed by atoms with Gasteiger partial charge in [0.15, 0.2) is 0 Å². The van der Waals surface area contributed by atoms with Crippen molar-refractivity contribution >= 4 is 11.6 Å². The number of nitrogens with zero attached hydrogens (tertiary/aromatic N) is 2. The molecule has 1 aromatic carbocycles. The second kappa shape index (κ2) is 3.68. The smallest absolute Gasteiger partial charge is 0.245 e. The fourth-order valence-corrected chi connectivity index (χ4v) is 2.18. The maximum atomic E-state index is 11.5. The van der Waals surface area contributed by atoms with E-state index in [2.05, 4.69) is 10.3 Å². The lowest BCUT2D eigenvalue weighted by Crippen LogP contribution is -2.19. The highest BCUT2D eigenvalue weighted by Gasteiger charge is 2.27. The molecule has 5 heteroatoms. The summed E-state index contributed by atoms with van der Waals surface area (Å²) in [5, 5.41) is 2.79. The second-order valence-corrected chi connectivity index (χ2v) is 4.52. The van der Waals surface area contributed by atoms with Crippen LogP contribution in [0.15, 0.2) is 24.5 Å². The molecule has 2 aromatic rings. The number of nitrogens with two attached hydrogens (primary N) is 1. The number of amides is 1. The molecular formula is C13H14N4O. The second-order valence-electron chi connectivity index (χ2n) is 4.52. The lowest BCUT2D eigenvalue weighted by Gasteiger charge is -2.08. The number of aromatic nitrogens is 2. The van der Waals surface area contributed by atoms with Gasteiger partial charge in [-0.2, -0.15) is 0 Å². The summed E-state index contributed by atoms with van der Waals surface area (Å²) in [6.45, 7) is 3.98. The summed E-state index contributed by atoms with van der Waals surface area (Å²) < 4.78 is 1.99. The summed E-state index contributed by atoms with van der Waals surface area (Å²) >= 11 is 0. The maximum Gasteiger partial charge on any atom is 0.245 e. The maximum absolute atomic E-state index is 11.5. The summed E-state index contributed by atoms with van der Waals surface area (Å²) in [5.41, 5.74) is 10.5. The molecule has 0 saturated carbocycles. The Bertz CT molecular complexity index is 644. The van der Waals surface area contributed by atoms with Gasteiger partial charge in [0, 0.05) is 22.6 Å². The van der Waals surface area contributed by atoms with Crippen LogP contribution in [0.25, 0.3) is 5.69 Å². The molecule has 5 nitrogen and oxygen atoms in total. The van der Waals surface area contributed by atoms with Gasteiger partial charge in [0.2, 0.25) is 5.91 Å². The zero-order valence-corrected chi connectivity index (χ0v) is 10.3. The van der Waals surface area contributed by atoms with Crippen LogP contribution in [0.3, 0.4) is 0 Å². The highest BCUT2D eigenvalue weighted by atomic mass is 16.2. The minimum absolute atomic E-state index is 0.152. The van der Waals surface area contributed by atoms with Crippen LogP contribution in [-0.2, 0) is 4.79 Å². The Morgan fingerprint density at radius 1 is 1.39 bits per heavy atom. The molecule has 0 aliphatic carbocycles. The predicted molar refractivity (Wildman–Crippen MR) is 68.6 cm³/mol.